The van der Waals surface area contributed by atoms with Gasteiger partial charge < -0.3 is 10.3 Å². The largest absolute Gasteiger partial charge is 0.345 e. The SMILES string of the molecule is CNCC1(c2nc(CC(C)C)c(C)[nH]2)CC1. The molecule has 0 aromatic carbocycles. The molecule has 0 bridgehead atoms. The minimum Gasteiger partial charge on any atom is -0.345 e. The highest BCUT2D eigenvalue weighted by Gasteiger charge is 2.46. The van der Waals surface area contributed by atoms with Crippen LogP contribution in [0, 0.1) is 12.8 Å². The second-order valence-corrected chi connectivity index (χ2v) is 5.57. The van der Waals surface area contributed by atoms with Crippen LogP contribution in [-0.4, -0.2) is 23.6 Å². The van der Waals surface area contributed by atoms with Gasteiger partial charge in [-0.05, 0) is 39.2 Å². The van der Waals surface area contributed by atoms with E-state index in [2.05, 4.69) is 31.1 Å². The molecule has 0 aliphatic heterocycles. The van der Waals surface area contributed by atoms with Gasteiger partial charge in [0.25, 0.3) is 0 Å². The van der Waals surface area contributed by atoms with Crippen LogP contribution in [0.15, 0.2) is 0 Å². The van der Waals surface area contributed by atoms with Crippen LogP contribution >= 0.6 is 0 Å². The number of nitrogens with one attached hydrogen (secondary N) is 2. The average Bonchev–Trinajstić information content (AvgIpc) is 2.88. The molecule has 3 nitrogen and oxygen atoms in total. The molecule has 0 radical (unpaired) electrons. The van der Waals surface area contributed by atoms with Crippen LogP contribution in [0.5, 0.6) is 0 Å². The third-order valence-electron chi connectivity index (χ3n) is 3.46. The van der Waals surface area contributed by atoms with E-state index in [1.165, 1.54) is 30.1 Å². The molecule has 1 heterocycles. The zero-order valence-corrected chi connectivity index (χ0v) is 10.9. The van der Waals surface area contributed by atoms with Gasteiger partial charge in [0.1, 0.15) is 5.82 Å². The Labute approximate surface area is 98.1 Å². The number of nitrogens with zero attached hydrogens (tertiary/aromatic N) is 1. The van der Waals surface area contributed by atoms with Crippen LogP contribution in [0.4, 0.5) is 0 Å². The van der Waals surface area contributed by atoms with Crippen molar-refractivity contribution >= 4 is 0 Å². The van der Waals surface area contributed by atoms with Crippen LogP contribution in [0.2, 0.25) is 0 Å². The smallest absolute Gasteiger partial charge is 0.114 e. The van der Waals surface area contributed by atoms with E-state index >= 15 is 0 Å². The van der Waals surface area contributed by atoms with E-state index in [9.17, 15) is 0 Å². The first-order valence-electron chi connectivity index (χ1n) is 6.28. The molecule has 1 fully saturated rings. The van der Waals surface area contributed by atoms with Crippen LogP contribution in [0.25, 0.3) is 0 Å². The van der Waals surface area contributed by atoms with Crippen molar-refractivity contribution < 1.29 is 0 Å². The average molecular weight is 221 g/mol. The molecule has 3 heteroatoms. The van der Waals surface area contributed by atoms with Crippen molar-refractivity contribution in [3.05, 3.63) is 17.2 Å². The van der Waals surface area contributed by atoms with Gasteiger partial charge in [-0.2, -0.15) is 0 Å². The Morgan fingerprint density at radius 3 is 2.62 bits per heavy atom. The molecule has 0 amide bonds. The van der Waals surface area contributed by atoms with Crippen molar-refractivity contribution in [2.75, 3.05) is 13.6 Å². The zero-order valence-electron chi connectivity index (χ0n) is 10.9. The first-order valence-corrected chi connectivity index (χ1v) is 6.28. The predicted octanol–water partition coefficient (Wildman–Crippen LogP) is 2.17. The Hall–Kier alpha value is -0.830. The highest BCUT2D eigenvalue weighted by Crippen LogP contribution is 2.46. The summed E-state index contributed by atoms with van der Waals surface area (Å²) in [6.45, 7) is 7.67. The van der Waals surface area contributed by atoms with E-state index < -0.39 is 0 Å². The molecule has 16 heavy (non-hydrogen) atoms. The van der Waals surface area contributed by atoms with Gasteiger partial charge in [0.2, 0.25) is 0 Å². The molecule has 2 rings (SSSR count). The molecule has 2 N–H and O–H groups in total. The second-order valence-electron chi connectivity index (χ2n) is 5.57. The van der Waals surface area contributed by atoms with E-state index in [4.69, 9.17) is 4.98 Å². The topological polar surface area (TPSA) is 40.7 Å². The van der Waals surface area contributed by atoms with E-state index in [1.54, 1.807) is 0 Å². The number of aryl methyl sites for hydroxylation is 1. The summed E-state index contributed by atoms with van der Waals surface area (Å²) in [6.07, 6.45) is 3.61. The van der Waals surface area contributed by atoms with Gasteiger partial charge in [0, 0.05) is 17.7 Å². The summed E-state index contributed by atoms with van der Waals surface area (Å²) in [5.74, 6) is 1.88. The molecule has 1 aliphatic rings. The number of aromatic amines is 1. The third-order valence-corrected chi connectivity index (χ3v) is 3.46. The second kappa shape index (κ2) is 4.21. The molecule has 0 saturated heterocycles. The molecule has 0 unspecified atom stereocenters. The van der Waals surface area contributed by atoms with Crippen LogP contribution in [0.1, 0.15) is 43.9 Å². The van der Waals surface area contributed by atoms with Gasteiger partial charge in [-0.3, -0.25) is 0 Å². The van der Waals surface area contributed by atoms with Crippen molar-refractivity contribution in [1.29, 1.82) is 0 Å². The van der Waals surface area contributed by atoms with Gasteiger partial charge in [0.05, 0.1) is 5.69 Å². The van der Waals surface area contributed by atoms with Crippen LogP contribution < -0.4 is 5.32 Å². The molecular weight excluding hydrogens is 198 g/mol. The molecule has 1 aromatic heterocycles. The Bertz CT molecular complexity index is 361. The number of aromatic nitrogens is 2. The normalized spacial score (nSPS) is 18.1. The van der Waals surface area contributed by atoms with Crippen molar-refractivity contribution in [3.63, 3.8) is 0 Å². The van der Waals surface area contributed by atoms with E-state index in [0.717, 1.165) is 13.0 Å². The Kier molecular flexibility index (Phi) is 3.06. The molecular formula is C13H23N3. The van der Waals surface area contributed by atoms with Crippen LogP contribution in [0.3, 0.4) is 0 Å². The molecule has 1 aromatic rings. The Morgan fingerprint density at radius 1 is 1.44 bits per heavy atom. The van der Waals surface area contributed by atoms with Gasteiger partial charge in [-0.25, -0.2) is 4.98 Å². The Morgan fingerprint density at radius 2 is 2.12 bits per heavy atom. The number of imidazole rings is 1. The first-order chi connectivity index (χ1) is 7.57. The molecule has 90 valence electrons. The minimum atomic E-state index is 0.314. The Balaban J connectivity index is 2.17. The maximum atomic E-state index is 4.81. The zero-order chi connectivity index (χ0) is 11.8. The van der Waals surface area contributed by atoms with E-state index in [1.807, 2.05) is 7.05 Å². The number of hydrogen-bond donors (Lipinski definition) is 2. The lowest BCUT2D eigenvalue weighted by molar-refractivity contribution is 0.588. The lowest BCUT2D eigenvalue weighted by Crippen LogP contribution is -2.24. The highest BCUT2D eigenvalue weighted by atomic mass is 15.0. The number of rotatable bonds is 5. The fourth-order valence-electron chi connectivity index (χ4n) is 2.32. The van der Waals surface area contributed by atoms with E-state index in [0.29, 0.717) is 11.3 Å². The summed E-state index contributed by atoms with van der Waals surface area (Å²) in [6, 6.07) is 0. The quantitative estimate of drug-likeness (QED) is 0.800. The number of hydrogen-bond acceptors (Lipinski definition) is 2. The molecule has 1 aliphatic carbocycles. The standard InChI is InChI=1S/C13H23N3/c1-9(2)7-11-10(3)15-12(16-11)13(5-6-13)8-14-4/h9,14H,5-8H2,1-4H3,(H,15,16). The lowest BCUT2D eigenvalue weighted by Gasteiger charge is -2.10. The van der Waals surface area contributed by atoms with Gasteiger partial charge in [0.15, 0.2) is 0 Å². The predicted molar refractivity (Wildman–Crippen MR) is 66.7 cm³/mol. The fraction of sp³-hybridized carbons (Fsp3) is 0.769. The summed E-state index contributed by atoms with van der Waals surface area (Å²) in [5.41, 5.74) is 2.83. The number of H-pyrrole nitrogens is 1. The van der Waals surface area contributed by atoms with Gasteiger partial charge in [-0.15, -0.1) is 0 Å². The summed E-state index contributed by atoms with van der Waals surface area (Å²) in [5, 5.41) is 3.28. The highest BCUT2D eigenvalue weighted by molar-refractivity contribution is 5.25. The van der Waals surface area contributed by atoms with Gasteiger partial charge in [-0.1, -0.05) is 13.8 Å². The monoisotopic (exact) mass is 221 g/mol. The maximum Gasteiger partial charge on any atom is 0.114 e. The summed E-state index contributed by atoms with van der Waals surface area (Å²) >= 11 is 0. The van der Waals surface area contributed by atoms with Crippen molar-refractivity contribution in [1.82, 2.24) is 15.3 Å². The first kappa shape index (κ1) is 11.6. The lowest BCUT2D eigenvalue weighted by atomic mass is 10.1. The number of likely N-dealkylation sites (N-methyl/N-ethyl adjacent to an activating group) is 1. The van der Waals surface area contributed by atoms with E-state index in [-0.39, 0.29) is 0 Å². The molecule has 1 saturated carbocycles. The summed E-state index contributed by atoms with van der Waals surface area (Å²) < 4.78 is 0. The fourth-order valence-corrected chi connectivity index (χ4v) is 2.32. The van der Waals surface area contributed by atoms with Crippen molar-refractivity contribution in [2.24, 2.45) is 5.92 Å². The molecule has 0 spiro atoms. The minimum absolute atomic E-state index is 0.314. The summed E-state index contributed by atoms with van der Waals surface area (Å²) in [7, 11) is 2.02. The van der Waals surface area contributed by atoms with Crippen molar-refractivity contribution in [3.8, 4) is 0 Å². The third kappa shape index (κ3) is 2.14. The van der Waals surface area contributed by atoms with Crippen molar-refractivity contribution in [2.45, 2.75) is 45.4 Å². The van der Waals surface area contributed by atoms with Crippen LogP contribution in [-0.2, 0) is 11.8 Å². The summed E-state index contributed by atoms with van der Waals surface area (Å²) in [4.78, 5) is 8.29. The molecule has 0 atom stereocenters. The van der Waals surface area contributed by atoms with Gasteiger partial charge >= 0.3 is 0 Å². The maximum absolute atomic E-state index is 4.81.